The van der Waals surface area contributed by atoms with E-state index in [0.29, 0.717) is 25.3 Å². The first-order valence-electron chi connectivity index (χ1n) is 6.13. The number of carboxylic acid groups (broad SMARTS) is 1. The smallest absolute Gasteiger partial charge is 0.311 e. The van der Waals surface area contributed by atoms with Crippen LogP contribution in [-0.2, 0) is 9.59 Å². The predicted molar refractivity (Wildman–Crippen MR) is 56.6 cm³/mol. The van der Waals surface area contributed by atoms with Gasteiger partial charge in [0.2, 0.25) is 5.91 Å². The molecule has 3 rings (SSSR count). The van der Waals surface area contributed by atoms with Crippen LogP contribution in [0.1, 0.15) is 32.1 Å². The Bertz CT molecular complexity index is 344. The average Bonchev–Trinajstić information content (AvgIpc) is 3.16. The fraction of sp³-hybridized carbons (Fsp3) is 0.833. The quantitative estimate of drug-likeness (QED) is 0.731. The van der Waals surface area contributed by atoms with Crippen molar-refractivity contribution in [1.29, 1.82) is 0 Å². The number of nitrogens with one attached hydrogen (secondary N) is 1. The van der Waals surface area contributed by atoms with Crippen molar-refractivity contribution in [1.82, 2.24) is 5.32 Å². The summed E-state index contributed by atoms with van der Waals surface area (Å²) in [6.07, 6.45) is 5.01. The molecule has 1 amide bonds. The van der Waals surface area contributed by atoms with Gasteiger partial charge in [0.1, 0.15) is 0 Å². The number of carbonyl (C=O) groups excluding carboxylic acids is 1. The number of hydrogen-bond acceptors (Lipinski definition) is 2. The molecule has 2 N–H and O–H groups in total. The number of amides is 1. The van der Waals surface area contributed by atoms with Gasteiger partial charge in [-0.05, 0) is 43.9 Å². The van der Waals surface area contributed by atoms with E-state index in [0.717, 1.165) is 12.3 Å². The molecule has 0 saturated heterocycles. The van der Waals surface area contributed by atoms with Crippen LogP contribution in [-0.4, -0.2) is 23.5 Å². The molecule has 0 aromatic rings. The van der Waals surface area contributed by atoms with Crippen LogP contribution in [0.25, 0.3) is 0 Å². The van der Waals surface area contributed by atoms with Gasteiger partial charge in [0, 0.05) is 12.5 Å². The third kappa shape index (κ3) is 1.70. The van der Waals surface area contributed by atoms with Crippen LogP contribution in [0.4, 0.5) is 0 Å². The Hall–Kier alpha value is -1.06. The molecule has 0 heterocycles. The summed E-state index contributed by atoms with van der Waals surface area (Å²) < 4.78 is 0. The Kier molecular flexibility index (Phi) is 2.03. The summed E-state index contributed by atoms with van der Waals surface area (Å²) in [7, 11) is 0. The lowest BCUT2D eigenvalue weighted by Crippen LogP contribution is -2.35. The standard InChI is InChI=1S/C12H17NO3/c14-10(9-5-8(9)7-1-2-7)13-6-12(3-4-12)11(15)16/h7-9H,1-6H2,(H,13,14)(H,15,16). The molecule has 2 atom stereocenters. The molecule has 3 aliphatic rings. The van der Waals surface area contributed by atoms with Gasteiger partial charge >= 0.3 is 5.97 Å². The average molecular weight is 223 g/mol. The van der Waals surface area contributed by atoms with E-state index in [1.165, 1.54) is 12.8 Å². The Labute approximate surface area is 94.4 Å². The maximum absolute atomic E-state index is 11.7. The topological polar surface area (TPSA) is 66.4 Å². The Balaban J connectivity index is 1.45. The number of rotatable bonds is 5. The zero-order valence-electron chi connectivity index (χ0n) is 9.24. The van der Waals surface area contributed by atoms with E-state index < -0.39 is 11.4 Å². The van der Waals surface area contributed by atoms with Crippen molar-refractivity contribution >= 4 is 11.9 Å². The summed E-state index contributed by atoms with van der Waals surface area (Å²) in [5.74, 6) is 0.925. The van der Waals surface area contributed by atoms with Crippen molar-refractivity contribution in [2.75, 3.05) is 6.54 Å². The summed E-state index contributed by atoms with van der Waals surface area (Å²) in [4.78, 5) is 22.7. The second-order valence-corrected chi connectivity index (χ2v) is 5.65. The highest BCUT2D eigenvalue weighted by atomic mass is 16.4. The van der Waals surface area contributed by atoms with Gasteiger partial charge in [-0.2, -0.15) is 0 Å². The molecule has 2 unspecified atom stereocenters. The molecule has 4 nitrogen and oxygen atoms in total. The molecular weight excluding hydrogens is 206 g/mol. The Morgan fingerprint density at radius 1 is 1.31 bits per heavy atom. The number of carbonyl (C=O) groups is 2. The Morgan fingerprint density at radius 2 is 2.00 bits per heavy atom. The maximum Gasteiger partial charge on any atom is 0.311 e. The third-order valence-electron chi connectivity index (χ3n) is 4.31. The highest BCUT2D eigenvalue weighted by Gasteiger charge is 2.53. The highest BCUT2D eigenvalue weighted by Crippen LogP contribution is 2.54. The molecule has 0 bridgehead atoms. The van der Waals surface area contributed by atoms with E-state index in [1.54, 1.807) is 0 Å². The fourth-order valence-corrected chi connectivity index (χ4v) is 2.57. The minimum absolute atomic E-state index is 0.0874. The monoisotopic (exact) mass is 223 g/mol. The lowest BCUT2D eigenvalue weighted by molar-refractivity contribution is -0.143. The van der Waals surface area contributed by atoms with Gasteiger partial charge in [-0.1, -0.05) is 0 Å². The summed E-state index contributed by atoms with van der Waals surface area (Å²) >= 11 is 0. The first-order valence-corrected chi connectivity index (χ1v) is 6.13. The molecule has 88 valence electrons. The van der Waals surface area contributed by atoms with E-state index >= 15 is 0 Å². The zero-order valence-corrected chi connectivity index (χ0v) is 9.24. The first-order chi connectivity index (χ1) is 7.62. The number of carboxylic acids is 1. The summed E-state index contributed by atoms with van der Waals surface area (Å²) in [6.45, 7) is 0.328. The fourth-order valence-electron chi connectivity index (χ4n) is 2.57. The molecule has 0 aliphatic heterocycles. The van der Waals surface area contributed by atoms with Crippen LogP contribution in [0.5, 0.6) is 0 Å². The summed E-state index contributed by atoms with van der Waals surface area (Å²) in [5.41, 5.74) is -0.625. The van der Waals surface area contributed by atoms with Gasteiger partial charge < -0.3 is 10.4 Å². The van der Waals surface area contributed by atoms with Gasteiger partial charge in [-0.25, -0.2) is 0 Å². The maximum atomic E-state index is 11.7. The molecule has 0 spiro atoms. The SMILES string of the molecule is O=C(NCC1(C(=O)O)CC1)C1CC1C1CC1. The molecule has 0 aromatic carbocycles. The molecule has 0 radical (unpaired) electrons. The van der Waals surface area contributed by atoms with E-state index in [-0.39, 0.29) is 11.8 Å². The van der Waals surface area contributed by atoms with Crippen LogP contribution in [0, 0.1) is 23.2 Å². The normalized spacial score (nSPS) is 34.2. The molecular formula is C12H17NO3. The van der Waals surface area contributed by atoms with Gasteiger partial charge in [0.15, 0.2) is 0 Å². The second-order valence-electron chi connectivity index (χ2n) is 5.65. The van der Waals surface area contributed by atoms with Crippen molar-refractivity contribution in [2.24, 2.45) is 23.2 Å². The second kappa shape index (κ2) is 3.22. The minimum Gasteiger partial charge on any atom is -0.481 e. The predicted octanol–water partition coefficient (Wildman–Crippen LogP) is 1.01. The molecule has 16 heavy (non-hydrogen) atoms. The van der Waals surface area contributed by atoms with Crippen molar-refractivity contribution < 1.29 is 14.7 Å². The highest BCUT2D eigenvalue weighted by molar-refractivity contribution is 5.83. The molecule has 3 aliphatic carbocycles. The van der Waals surface area contributed by atoms with E-state index in [1.807, 2.05) is 0 Å². The lowest BCUT2D eigenvalue weighted by atomic mass is 10.1. The Morgan fingerprint density at radius 3 is 2.50 bits per heavy atom. The van der Waals surface area contributed by atoms with Gasteiger partial charge in [0.05, 0.1) is 5.41 Å². The summed E-state index contributed by atoms with van der Waals surface area (Å²) in [5, 5.41) is 11.8. The van der Waals surface area contributed by atoms with E-state index in [2.05, 4.69) is 5.32 Å². The van der Waals surface area contributed by atoms with Gasteiger partial charge in [-0.3, -0.25) is 9.59 Å². The third-order valence-corrected chi connectivity index (χ3v) is 4.31. The van der Waals surface area contributed by atoms with Crippen LogP contribution in [0.3, 0.4) is 0 Å². The molecule has 0 aromatic heterocycles. The van der Waals surface area contributed by atoms with Crippen LogP contribution >= 0.6 is 0 Å². The van der Waals surface area contributed by atoms with Crippen molar-refractivity contribution in [3.63, 3.8) is 0 Å². The summed E-state index contributed by atoms with van der Waals surface area (Å²) in [6, 6.07) is 0. The first kappa shape index (κ1) is 10.1. The van der Waals surface area contributed by atoms with Crippen LogP contribution in [0.15, 0.2) is 0 Å². The van der Waals surface area contributed by atoms with Crippen molar-refractivity contribution in [3.8, 4) is 0 Å². The minimum atomic E-state index is -0.762. The van der Waals surface area contributed by atoms with Crippen LogP contribution in [0.2, 0.25) is 0 Å². The van der Waals surface area contributed by atoms with Gasteiger partial charge in [-0.15, -0.1) is 0 Å². The van der Waals surface area contributed by atoms with Crippen LogP contribution < -0.4 is 5.32 Å². The zero-order chi connectivity index (χ0) is 11.3. The van der Waals surface area contributed by atoms with E-state index in [4.69, 9.17) is 5.11 Å². The molecule has 3 fully saturated rings. The molecule has 4 heteroatoms. The lowest BCUT2D eigenvalue weighted by Gasteiger charge is -2.10. The number of hydrogen-bond donors (Lipinski definition) is 2. The number of aliphatic carboxylic acids is 1. The van der Waals surface area contributed by atoms with Gasteiger partial charge in [0.25, 0.3) is 0 Å². The molecule has 3 saturated carbocycles. The van der Waals surface area contributed by atoms with Crippen molar-refractivity contribution in [3.05, 3.63) is 0 Å². The largest absolute Gasteiger partial charge is 0.481 e. The van der Waals surface area contributed by atoms with Crippen molar-refractivity contribution in [2.45, 2.75) is 32.1 Å². The van der Waals surface area contributed by atoms with E-state index in [9.17, 15) is 9.59 Å².